The van der Waals surface area contributed by atoms with Gasteiger partial charge in [0.05, 0.1) is 5.56 Å². The minimum atomic E-state index is -0.342. The van der Waals surface area contributed by atoms with Gasteiger partial charge in [-0.3, -0.25) is 4.79 Å². The fourth-order valence-corrected chi connectivity index (χ4v) is 2.44. The Morgan fingerprint density at radius 2 is 2.06 bits per heavy atom. The molecular weight excluding hydrogens is 231 g/mol. The van der Waals surface area contributed by atoms with Gasteiger partial charge in [-0.25, -0.2) is 9.37 Å². The van der Waals surface area contributed by atoms with Crippen molar-refractivity contribution in [3.05, 3.63) is 35.6 Å². The van der Waals surface area contributed by atoms with Crippen LogP contribution in [0.1, 0.15) is 23.2 Å². The number of nitrogens with zero attached hydrogens (tertiary/aromatic N) is 2. The van der Waals surface area contributed by atoms with Crippen LogP contribution in [0.3, 0.4) is 0 Å². The van der Waals surface area contributed by atoms with Crippen molar-refractivity contribution in [2.45, 2.75) is 12.8 Å². The van der Waals surface area contributed by atoms with Gasteiger partial charge in [0.1, 0.15) is 17.2 Å². The summed E-state index contributed by atoms with van der Waals surface area (Å²) >= 11 is 0. The molecule has 3 rings (SSSR count). The Labute approximate surface area is 104 Å². The third-order valence-corrected chi connectivity index (χ3v) is 3.34. The summed E-state index contributed by atoms with van der Waals surface area (Å²) in [5, 5.41) is 0.667. The average molecular weight is 244 g/mol. The van der Waals surface area contributed by atoms with Gasteiger partial charge < -0.3 is 4.90 Å². The van der Waals surface area contributed by atoms with Crippen LogP contribution in [0.5, 0.6) is 0 Å². The summed E-state index contributed by atoms with van der Waals surface area (Å²) in [6.07, 6.45) is 2.98. The molecule has 1 aromatic carbocycles. The topological polar surface area (TPSA) is 33.2 Å². The Hall–Kier alpha value is -1.97. The van der Waals surface area contributed by atoms with Crippen molar-refractivity contribution >= 4 is 23.0 Å². The van der Waals surface area contributed by atoms with E-state index in [0.717, 1.165) is 32.2 Å². The van der Waals surface area contributed by atoms with Gasteiger partial charge in [0.15, 0.2) is 6.29 Å². The molecule has 0 unspecified atom stereocenters. The number of aromatic nitrogens is 1. The number of rotatable bonds is 2. The van der Waals surface area contributed by atoms with Gasteiger partial charge >= 0.3 is 0 Å². The van der Waals surface area contributed by atoms with E-state index in [0.29, 0.717) is 22.3 Å². The zero-order chi connectivity index (χ0) is 12.5. The molecule has 1 aromatic heterocycles. The summed E-state index contributed by atoms with van der Waals surface area (Å²) < 4.78 is 13.7. The molecule has 0 N–H and O–H groups in total. The van der Waals surface area contributed by atoms with Crippen molar-refractivity contribution in [2.24, 2.45) is 0 Å². The summed E-state index contributed by atoms with van der Waals surface area (Å²) in [6, 6.07) is 6.51. The summed E-state index contributed by atoms with van der Waals surface area (Å²) in [5.41, 5.74) is 0.875. The quantitative estimate of drug-likeness (QED) is 0.762. The van der Waals surface area contributed by atoms with E-state index in [4.69, 9.17) is 0 Å². The first-order valence-electron chi connectivity index (χ1n) is 6.09. The molecule has 0 atom stereocenters. The third kappa shape index (κ3) is 1.74. The lowest BCUT2D eigenvalue weighted by atomic mass is 10.1. The van der Waals surface area contributed by atoms with Crippen molar-refractivity contribution < 1.29 is 9.18 Å². The van der Waals surface area contributed by atoms with E-state index >= 15 is 0 Å². The van der Waals surface area contributed by atoms with Crippen molar-refractivity contribution in [3.63, 3.8) is 0 Å². The molecule has 2 heterocycles. The number of benzene rings is 1. The zero-order valence-electron chi connectivity index (χ0n) is 9.90. The molecule has 4 heteroatoms. The molecule has 0 bridgehead atoms. The summed E-state index contributed by atoms with van der Waals surface area (Å²) in [5.74, 6) is 0.269. The smallest absolute Gasteiger partial charge is 0.153 e. The molecule has 18 heavy (non-hydrogen) atoms. The molecule has 2 aromatic rings. The molecule has 1 aliphatic heterocycles. The first kappa shape index (κ1) is 11.1. The number of aldehydes is 1. The number of pyridine rings is 1. The Kier molecular flexibility index (Phi) is 2.70. The highest BCUT2D eigenvalue weighted by Crippen LogP contribution is 2.26. The highest BCUT2D eigenvalue weighted by Gasteiger charge is 2.18. The summed E-state index contributed by atoms with van der Waals surface area (Å²) in [4.78, 5) is 17.6. The summed E-state index contributed by atoms with van der Waals surface area (Å²) in [7, 11) is 0. The first-order valence-corrected chi connectivity index (χ1v) is 6.09. The molecule has 0 amide bonds. The Bertz CT molecular complexity index is 606. The molecule has 0 saturated carbocycles. The minimum Gasteiger partial charge on any atom is -0.356 e. The van der Waals surface area contributed by atoms with E-state index in [1.807, 2.05) is 0 Å². The maximum Gasteiger partial charge on any atom is 0.153 e. The van der Waals surface area contributed by atoms with Crippen LogP contribution in [0.25, 0.3) is 10.9 Å². The van der Waals surface area contributed by atoms with Crippen LogP contribution in [-0.2, 0) is 0 Å². The Morgan fingerprint density at radius 3 is 2.78 bits per heavy atom. The molecule has 1 fully saturated rings. The van der Waals surface area contributed by atoms with Gasteiger partial charge in [0.2, 0.25) is 0 Å². The van der Waals surface area contributed by atoms with Crippen LogP contribution < -0.4 is 4.90 Å². The molecule has 3 nitrogen and oxygen atoms in total. The van der Waals surface area contributed by atoms with E-state index in [2.05, 4.69) is 9.88 Å². The Balaban J connectivity index is 2.22. The number of para-hydroxylation sites is 1. The van der Waals surface area contributed by atoms with Gasteiger partial charge in [0, 0.05) is 18.5 Å². The standard InChI is InChI=1S/C14H13FN2O/c15-12-5-3-4-10-8-11(9-18)14(16-13(10)12)17-6-1-2-7-17/h3-5,8-9H,1-2,6-7H2. The molecule has 0 radical (unpaired) electrons. The highest BCUT2D eigenvalue weighted by molar-refractivity contribution is 5.92. The van der Waals surface area contributed by atoms with Crippen molar-refractivity contribution in [3.8, 4) is 0 Å². The van der Waals surface area contributed by atoms with Crippen molar-refractivity contribution in [1.29, 1.82) is 0 Å². The van der Waals surface area contributed by atoms with Crippen LogP contribution in [0, 0.1) is 5.82 Å². The minimum absolute atomic E-state index is 0.338. The number of fused-ring (bicyclic) bond motifs is 1. The van der Waals surface area contributed by atoms with Crippen LogP contribution >= 0.6 is 0 Å². The van der Waals surface area contributed by atoms with Gasteiger partial charge in [-0.2, -0.15) is 0 Å². The number of anilines is 1. The monoisotopic (exact) mass is 244 g/mol. The number of hydrogen-bond donors (Lipinski definition) is 0. The molecule has 92 valence electrons. The van der Waals surface area contributed by atoms with E-state index in [-0.39, 0.29) is 5.82 Å². The molecule has 1 aliphatic rings. The lowest BCUT2D eigenvalue weighted by molar-refractivity contribution is 0.112. The lowest BCUT2D eigenvalue weighted by Gasteiger charge is -2.18. The zero-order valence-corrected chi connectivity index (χ0v) is 9.90. The van der Waals surface area contributed by atoms with Crippen LogP contribution in [0.2, 0.25) is 0 Å². The van der Waals surface area contributed by atoms with Gasteiger partial charge in [-0.15, -0.1) is 0 Å². The van der Waals surface area contributed by atoms with Gasteiger partial charge in [0.25, 0.3) is 0 Å². The summed E-state index contributed by atoms with van der Waals surface area (Å²) in [6.45, 7) is 1.77. The first-order chi connectivity index (χ1) is 8.79. The number of carbonyl (C=O) groups excluding carboxylic acids is 1. The second-order valence-electron chi connectivity index (χ2n) is 4.52. The van der Waals surface area contributed by atoms with Crippen molar-refractivity contribution in [1.82, 2.24) is 4.98 Å². The second kappa shape index (κ2) is 4.37. The molecule has 1 saturated heterocycles. The highest BCUT2D eigenvalue weighted by atomic mass is 19.1. The van der Waals surface area contributed by atoms with Crippen LogP contribution in [0.15, 0.2) is 24.3 Å². The fraction of sp³-hybridized carbons (Fsp3) is 0.286. The Morgan fingerprint density at radius 1 is 1.28 bits per heavy atom. The molecular formula is C14H13FN2O. The number of hydrogen-bond acceptors (Lipinski definition) is 3. The third-order valence-electron chi connectivity index (χ3n) is 3.34. The average Bonchev–Trinajstić information content (AvgIpc) is 2.91. The maximum atomic E-state index is 13.7. The van der Waals surface area contributed by atoms with Gasteiger partial charge in [-0.05, 0) is 25.0 Å². The van der Waals surface area contributed by atoms with Crippen molar-refractivity contribution in [2.75, 3.05) is 18.0 Å². The van der Waals surface area contributed by atoms with E-state index in [9.17, 15) is 9.18 Å². The predicted octanol–water partition coefficient (Wildman–Crippen LogP) is 2.79. The second-order valence-corrected chi connectivity index (χ2v) is 4.52. The predicted molar refractivity (Wildman–Crippen MR) is 68.5 cm³/mol. The normalized spacial score (nSPS) is 15.3. The van der Waals surface area contributed by atoms with E-state index in [1.165, 1.54) is 6.07 Å². The maximum absolute atomic E-state index is 13.7. The molecule has 0 spiro atoms. The fourth-order valence-electron chi connectivity index (χ4n) is 2.44. The molecule has 0 aliphatic carbocycles. The van der Waals surface area contributed by atoms with E-state index in [1.54, 1.807) is 18.2 Å². The largest absolute Gasteiger partial charge is 0.356 e. The van der Waals surface area contributed by atoms with E-state index < -0.39 is 0 Å². The SMILES string of the molecule is O=Cc1cc2cccc(F)c2nc1N1CCCC1. The van der Waals surface area contributed by atoms with Gasteiger partial charge in [-0.1, -0.05) is 12.1 Å². The van der Waals surface area contributed by atoms with Crippen LogP contribution in [0.4, 0.5) is 10.2 Å². The van der Waals surface area contributed by atoms with Crippen LogP contribution in [-0.4, -0.2) is 24.4 Å². The number of halogens is 1. The lowest BCUT2D eigenvalue weighted by Crippen LogP contribution is -2.20. The number of carbonyl (C=O) groups is 1.